The largest absolute Gasteiger partial charge is 0.394 e. The van der Waals surface area contributed by atoms with E-state index in [1.807, 2.05) is 19.1 Å². The molecular weight excluding hydrogens is 310 g/mol. The van der Waals surface area contributed by atoms with Gasteiger partial charge in [0.2, 0.25) is 0 Å². The molecule has 0 radical (unpaired) electrons. The van der Waals surface area contributed by atoms with Crippen molar-refractivity contribution in [2.75, 3.05) is 11.9 Å². The summed E-state index contributed by atoms with van der Waals surface area (Å²) >= 11 is 6.31. The summed E-state index contributed by atoms with van der Waals surface area (Å²) in [6, 6.07) is 7.99. The molecule has 5 heteroatoms. The van der Waals surface area contributed by atoms with E-state index in [-0.39, 0.29) is 18.1 Å². The molecule has 124 valence electrons. The molecule has 0 aliphatic heterocycles. The van der Waals surface area contributed by atoms with Crippen molar-refractivity contribution in [3.05, 3.63) is 52.4 Å². The number of aromatic nitrogens is 2. The number of benzene rings is 1. The van der Waals surface area contributed by atoms with Crippen molar-refractivity contribution in [1.82, 2.24) is 9.97 Å². The van der Waals surface area contributed by atoms with E-state index in [4.69, 9.17) is 11.6 Å². The van der Waals surface area contributed by atoms with Crippen molar-refractivity contribution in [3.63, 3.8) is 0 Å². The lowest BCUT2D eigenvalue weighted by Gasteiger charge is -2.22. The van der Waals surface area contributed by atoms with Crippen LogP contribution in [0.1, 0.15) is 50.6 Å². The summed E-state index contributed by atoms with van der Waals surface area (Å²) in [5.41, 5.74) is 3.15. The van der Waals surface area contributed by atoms with Crippen molar-refractivity contribution in [3.8, 4) is 0 Å². The predicted molar refractivity (Wildman–Crippen MR) is 95.0 cm³/mol. The van der Waals surface area contributed by atoms with Gasteiger partial charge in [0, 0.05) is 0 Å². The van der Waals surface area contributed by atoms with Gasteiger partial charge in [-0.05, 0) is 23.0 Å². The van der Waals surface area contributed by atoms with Gasteiger partial charge in [-0.15, -0.1) is 0 Å². The summed E-state index contributed by atoms with van der Waals surface area (Å²) in [5.74, 6) is 0.553. The average molecular weight is 334 g/mol. The van der Waals surface area contributed by atoms with E-state index >= 15 is 0 Å². The first-order valence-electron chi connectivity index (χ1n) is 7.84. The van der Waals surface area contributed by atoms with Gasteiger partial charge in [0.15, 0.2) is 0 Å². The Morgan fingerprint density at radius 1 is 1.17 bits per heavy atom. The third kappa shape index (κ3) is 4.21. The van der Waals surface area contributed by atoms with Gasteiger partial charge in [-0.3, -0.25) is 0 Å². The first kappa shape index (κ1) is 17.7. The van der Waals surface area contributed by atoms with Crippen LogP contribution in [0.25, 0.3) is 0 Å². The molecule has 0 aliphatic rings. The zero-order valence-electron chi connectivity index (χ0n) is 14.1. The van der Waals surface area contributed by atoms with Crippen molar-refractivity contribution in [2.45, 2.75) is 45.6 Å². The van der Waals surface area contributed by atoms with E-state index < -0.39 is 0 Å². The van der Waals surface area contributed by atoms with Crippen LogP contribution in [0.15, 0.2) is 30.6 Å². The Morgan fingerprint density at radius 2 is 1.83 bits per heavy atom. The zero-order valence-corrected chi connectivity index (χ0v) is 14.9. The number of nitrogens with one attached hydrogen (secondary N) is 1. The molecule has 0 amide bonds. The van der Waals surface area contributed by atoms with Gasteiger partial charge < -0.3 is 10.4 Å². The van der Waals surface area contributed by atoms with Crippen LogP contribution in [0.5, 0.6) is 0 Å². The Hall–Kier alpha value is -1.65. The molecule has 2 rings (SSSR count). The maximum absolute atomic E-state index is 9.74. The minimum absolute atomic E-state index is 0.0450. The summed E-state index contributed by atoms with van der Waals surface area (Å²) in [5, 5.41) is 13.5. The summed E-state index contributed by atoms with van der Waals surface area (Å²) in [6.07, 6.45) is 2.23. The normalized spacial score (nSPS) is 13.0. The zero-order chi connectivity index (χ0) is 17.0. The van der Waals surface area contributed by atoms with E-state index in [1.165, 1.54) is 11.9 Å². The Bertz CT molecular complexity index is 650. The van der Waals surface area contributed by atoms with Crippen LogP contribution in [0.2, 0.25) is 5.02 Å². The molecule has 4 nitrogen and oxygen atoms in total. The summed E-state index contributed by atoms with van der Waals surface area (Å²) in [6.45, 7) is 8.48. The fourth-order valence-corrected chi connectivity index (χ4v) is 2.65. The number of nitrogens with zero attached hydrogens (tertiary/aromatic N) is 2. The number of anilines is 1. The number of halogens is 1. The maximum atomic E-state index is 9.74. The van der Waals surface area contributed by atoms with Gasteiger partial charge in [0.05, 0.1) is 18.3 Å². The Labute approximate surface area is 142 Å². The summed E-state index contributed by atoms with van der Waals surface area (Å²) in [7, 11) is 0. The SMILES string of the molecule is CCc1ncnc(NC(CO)c2ccc(C(C)(C)C)cc2)c1Cl. The minimum atomic E-state index is -0.263. The third-order valence-electron chi connectivity index (χ3n) is 3.87. The van der Waals surface area contributed by atoms with Crippen molar-refractivity contribution < 1.29 is 5.11 Å². The molecule has 0 spiro atoms. The van der Waals surface area contributed by atoms with E-state index in [9.17, 15) is 5.11 Å². The first-order chi connectivity index (χ1) is 10.9. The molecule has 0 saturated heterocycles. The van der Waals surface area contributed by atoms with E-state index in [0.717, 1.165) is 17.7 Å². The lowest BCUT2D eigenvalue weighted by Crippen LogP contribution is -2.17. The van der Waals surface area contributed by atoms with Crippen molar-refractivity contribution in [1.29, 1.82) is 0 Å². The quantitative estimate of drug-likeness (QED) is 0.863. The van der Waals surface area contributed by atoms with Crippen LogP contribution in [0.3, 0.4) is 0 Å². The molecule has 1 heterocycles. The lowest BCUT2D eigenvalue weighted by atomic mass is 9.86. The molecule has 2 N–H and O–H groups in total. The minimum Gasteiger partial charge on any atom is -0.394 e. The Kier molecular flexibility index (Phi) is 5.60. The van der Waals surface area contributed by atoms with Crippen LogP contribution in [-0.4, -0.2) is 21.7 Å². The van der Waals surface area contributed by atoms with Gasteiger partial charge in [0.1, 0.15) is 17.2 Å². The average Bonchev–Trinajstić information content (AvgIpc) is 2.53. The van der Waals surface area contributed by atoms with E-state index in [1.54, 1.807) is 0 Å². The second-order valence-electron chi connectivity index (χ2n) is 6.59. The molecule has 1 atom stereocenters. The molecule has 0 fully saturated rings. The standard InChI is InChI=1S/C18H24ClN3O/c1-5-14-16(19)17(21-11-20-14)22-15(10-23)12-6-8-13(9-7-12)18(2,3)4/h6-9,11,15,23H,5,10H2,1-4H3,(H,20,21,22). The molecular formula is C18H24ClN3O. The summed E-state index contributed by atoms with van der Waals surface area (Å²) < 4.78 is 0. The van der Waals surface area contributed by atoms with Crippen molar-refractivity contribution in [2.24, 2.45) is 0 Å². The number of rotatable bonds is 5. The molecule has 1 aromatic carbocycles. The van der Waals surface area contributed by atoms with Gasteiger partial charge in [0.25, 0.3) is 0 Å². The van der Waals surface area contributed by atoms with Gasteiger partial charge in [-0.25, -0.2) is 9.97 Å². The Morgan fingerprint density at radius 3 is 2.35 bits per heavy atom. The monoisotopic (exact) mass is 333 g/mol. The second kappa shape index (κ2) is 7.28. The van der Waals surface area contributed by atoms with Crippen LogP contribution in [0.4, 0.5) is 5.82 Å². The third-order valence-corrected chi connectivity index (χ3v) is 4.27. The molecule has 1 aromatic heterocycles. The number of hydrogen-bond donors (Lipinski definition) is 2. The fourth-order valence-electron chi connectivity index (χ4n) is 2.37. The number of aryl methyl sites for hydroxylation is 1. The topological polar surface area (TPSA) is 58.0 Å². The van der Waals surface area contributed by atoms with Crippen LogP contribution < -0.4 is 5.32 Å². The van der Waals surface area contributed by atoms with Crippen LogP contribution >= 0.6 is 11.6 Å². The number of aliphatic hydroxyl groups is 1. The first-order valence-corrected chi connectivity index (χ1v) is 8.21. The smallest absolute Gasteiger partial charge is 0.149 e. The van der Waals surface area contributed by atoms with Gasteiger partial charge in [-0.1, -0.05) is 63.6 Å². The van der Waals surface area contributed by atoms with E-state index in [0.29, 0.717) is 10.8 Å². The van der Waals surface area contributed by atoms with Crippen molar-refractivity contribution >= 4 is 17.4 Å². The maximum Gasteiger partial charge on any atom is 0.149 e. The molecule has 2 aromatic rings. The fraction of sp³-hybridized carbons (Fsp3) is 0.444. The lowest BCUT2D eigenvalue weighted by molar-refractivity contribution is 0.276. The molecule has 23 heavy (non-hydrogen) atoms. The van der Waals surface area contributed by atoms with E-state index in [2.05, 4.69) is 48.2 Å². The van der Waals surface area contributed by atoms with Crippen LogP contribution in [0, 0.1) is 0 Å². The van der Waals surface area contributed by atoms with Gasteiger partial charge in [-0.2, -0.15) is 0 Å². The number of hydrogen-bond acceptors (Lipinski definition) is 4. The summed E-state index contributed by atoms with van der Waals surface area (Å²) in [4.78, 5) is 8.35. The predicted octanol–water partition coefficient (Wildman–Crippen LogP) is 4.14. The van der Waals surface area contributed by atoms with Gasteiger partial charge >= 0.3 is 0 Å². The highest BCUT2D eigenvalue weighted by Crippen LogP contribution is 2.28. The highest BCUT2D eigenvalue weighted by molar-refractivity contribution is 6.33. The Balaban J connectivity index is 2.24. The van der Waals surface area contributed by atoms with Crippen LogP contribution in [-0.2, 0) is 11.8 Å². The highest BCUT2D eigenvalue weighted by Gasteiger charge is 2.17. The number of aliphatic hydroxyl groups excluding tert-OH is 1. The highest BCUT2D eigenvalue weighted by atomic mass is 35.5. The molecule has 0 aliphatic carbocycles. The molecule has 0 bridgehead atoms. The second-order valence-corrected chi connectivity index (χ2v) is 6.97. The molecule has 1 unspecified atom stereocenters. The molecule has 0 saturated carbocycles.